The maximum Gasteiger partial charge on any atom is 0.349 e. The van der Waals surface area contributed by atoms with E-state index in [-0.39, 0.29) is 28.3 Å². The van der Waals surface area contributed by atoms with Gasteiger partial charge in [0.25, 0.3) is 11.1 Å². The van der Waals surface area contributed by atoms with Gasteiger partial charge in [-0.05, 0) is 43.3 Å². The van der Waals surface area contributed by atoms with E-state index in [1.165, 1.54) is 0 Å². The third-order valence-corrected chi connectivity index (χ3v) is 4.87. The molecular weight excluding hydrogens is 406 g/mol. The molecule has 4 aromatic rings. The highest BCUT2D eigenvalue weighted by atomic mass is 32.2. The van der Waals surface area contributed by atoms with Crippen molar-refractivity contribution >= 4 is 34.3 Å². The van der Waals surface area contributed by atoms with Crippen LogP contribution in [0.2, 0.25) is 0 Å². The van der Waals surface area contributed by atoms with Crippen molar-refractivity contribution in [3.8, 4) is 17.2 Å². The first kappa shape index (κ1) is 19.7. The molecule has 8 nitrogen and oxygen atoms in total. The molecule has 0 bridgehead atoms. The van der Waals surface area contributed by atoms with E-state index in [1.807, 2.05) is 19.1 Å². The quantitative estimate of drug-likeness (QED) is 0.351. The fourth-order valence-electron chi connectivity index (χ4n) is 2.71. The molecule has 0 saturated carbocycles. The molecule has 0 aliphatic rings. The number of benzene rings is 2. The smallest absolute Gasteiger partial charge is 0.349 e. The number of hydrogen-bond acceptors (Lipinski definition) is 8. The molecule has 152 valence electrons. The number of carbonyl (C=O) groups is 1. The molecule has 0 radical (unpaired) electrons. The van der Waals surface area contributed by atoms with E-state index in [2.05, 4.69) is 15.5 Å². The largest absolute Gasteiger partial charge is 0.494 e. The van der Waals surface area contributed by atoms with E-state index in [9.17, 15) is 9.59 Å². The van der Waals surface area contributed by atoms with Crippen LogP contribution >= 0.6 is 11.8 Å². The molecular formula is C21H17N3O5S. The second kappa shape index (κ2) is 8.83. The first-order valence-electron chi connectivity index (χ1n) is 9.14. The minimum Gasteiger partial charge on any atom is -0.494 e. The van der Waals surface area contributed by atoms with Crippen molar-refractivity contribution in [2.75, 3.05) is 17.7 Å². The zero-order valence-corrected chi connectivity index (χ0v) is 16.8. The lowest BCUT2D eigenvalue weighted by Crippen LogP contribution is -2.13. The highest BCUT2D eigenvalue weighted by Gasteiger charge is 2.16. The van der Waals surface area contributed by atoms with E-state index in [0.717, 1.165) is 22.9 Å². The Labute approximate surface area is 175 Å². The van der Waals surface area contributed by atoms with Crippen LogP contribution < -0.4 is 15.7 Å². The topological polar surface area (TPSA) is 107 Å². The van der Waals surface area contributed by atoms with E-state index in [4.69, 9.17) is 13.6 Å². The van der Waals surface area contributed by atoms with E-state index in [1.54, 1.807) is 42.5 Å². The summed E-state index contributed by atoms with van der Waals surface area (Å²) >= 11 is 1.07. The summed E-state index contributed by atoms with van der Waals surface area (Å²) in [6, 6.07) is 15.9. The molecule has 1 N–H and O–H groups in total. The Hall–Kier alpha value is -3.59. The van der Waals surface area contributed by atoms with E-state index in [0.29, 0.717) is 17.9 Å². The van der Waals surface area contributed by atoms with Crippen molar-refractivity contribution in [3.63, 3.8) is 0 Å². The number of nitrogens with zero attached hydrogens (tertiary/aromatic N) is 2. The SMILES string of the molecule is CCOc1ccc(NC(=O)CSc2nnc(-c3cc4ccccc4oc3=O)o2)cc1. The Morgan fingerprint density at radius 3 is 2.70 bits per heavy atom. The molecule has 0 fully saturated rings. The van der Waals surface area contributed by atoms with Crippen molar-refractivity contribution < 1.29 is 18.4 Å². The van der Waals surface area contributed by atoms with Gasteiger partial charge >= 0.3 is 5.63 Å². The number of rotatable bonds is 7. The van der Waals surface area contributed by atoms with Crippen molar-refractivity contribution in [2.45, 2.75) is 12.1 Å². The Morgan fingerprint density at radius 1 is 1.10 bits per heavy atom. The monoisotopic (exact) mass is 423 g/mol. The molecule has 1 amide bonds. The molecule has 9 heteroatoms. The van der Waals surface area contributed by atoms with E-state index >= 15 is 0 Å². The fraction of sp³-hybridized carbons (Fsp3) is 0.143. The average Bonchev–Trinajstić information content (AvgIpc) is 3.22. The number of ether oxygens (including phenoxy) is 1. The first-order valence-corrected chi connectivity index (χ1v) is 10.1. The number of para-hydroxylation sites is 1. The Morgan fingerprint density at radius 2 is 1.90 bits per heavy atom. The first-order chi connectivity index (χ1) is 14.6. The summed E-state index contributed by atoms with van der Waals surface area (Å²) in [5, 5.41) is 11.5. The molecule has 4 rings (SSSR count). The summed E-state index contributed by atoms with van der Waals surface area (Å²) in [6.45, 7) is 2.48. The van der Waals surface area contributed by atoms with Gasteiger partial charge in [0, 0.05) is 11.1 Å². The van der Waals surface area contributed by atoms with Crippen molar-refractivity contribution in [1.29, 1.82) is 0 Å². The number of hydrogen-bond donors (Lipinski definition) is 1. The van der Waals surface area contributed by atoms with E-state index < -0.39 is 5.63 Å². The Kier molecular flexibility index (Phi) is 5.80. The minimum absolute atomic E-state index is 0.0453. The molecule has 2 heterocycles. The zero-order chi connectivity index (χ0) is 20.9. The maximum absolute atomic E-state index is 12.2. The molecule has 30 heavy (non-hydrogen) atoms. The van der Waals surface area contributed by atoms with Gasteiger partial charge in [-0.1, -0.05) is 30.0 Å². The predicted octanol–water partition coefficient (Wildman–Crippen LogP) is 3.97. The van der Waals surface area contributed by atoms with Crippen molar-refractivity contribution in [1.82, 2.24) is 10.2 Å². The lowest BCUT2D eigenvalue weighted by Gasteiger charge is -2.06. The lowest BCUT2D eigenvalue weighted by molar-refractivity contribution is -0.113. The highest BCUT2D eigenvalue weighted by Crippen LogP contribution is 2.24. The van der Waals surface area contributed by atoms with Gasteiger partial charge in [-0.25, -0.2) is 4.79 Å². The van der Waals surface area contributed by atoms with Gasteiger partial charge in [0.1, 0.15) is 16.9 Å². The third-order valence-electron chi connectivity index (χ3n) is 4.05. The van der Waals surface area contributed by atoms with Crippen LogP contribution in [0.3, 0.4) is 0 Å². The number of fused-ring (bicyclic) bond motifs is 1. The number of aromatic nitrogens is 2. The summed E-state index contributed by atoms with van der Waals surface area (Å²) in [6.07, 6.45) is 0. The summed E-state index contributed by atoms with van der Waals surface area (Å²) in [4.78, 5) is 24.4. The molecule has 0 unspecified atom stereocenters. The van der Waals surface area contributed by atoms with Crippen molar-refractivity contribution in [2.24, 2.45) is 0 Å². The second-order valence-corrected chi connectivity index (χ2v) is 7.08. The summed E-state index contributed by atoms with van der Waals surface area (Å²) in [5.74, 6) is 0.626. The highest BCUT2D eigenvalue weighted by molar-refractivity contribution is 7.99. The molecule has 0 spiro atoms. The number of thioether (sulfide) groups is 1. The number of nitrogens with one attached hydrogen (secondary N) is 1. The summed E-state index contributed by atoms with van der Waals surface area (Å²) in [7, 11) is 0. The van der Waals surface area contributed by atoms with Crippen LogP contribution in [0.15, 0.2) is 73.4 Å². The molecule has 0 saturated heterocycles. The second-order valence-electron chi connectivity index (χ2n) is 6.15. The zero-order valence-electron chi connectivity index (χ0n) is 16.0. The van der Waals surface area contributed by atoms with Crippen LogP contribution in [0.25, 0.3) is 22.4 Å². The van der Waals surface area contributed by atoms with Gasteiger partial charge in [-0.15, -0.1) is 10.2 Å². The minimum atomic E-state index is -0.567. The maximum atomic E-state index is 12.2. The normalized spacial score (nSPS) is 10.8. The Bertz CT molecular complexity index is 1230. The van der Waals surface area contributed by atoms with Crippen LogP contribution in [0.1, 0.15) is 6.92 Å². The summed E-state index contributed by atoms with van der Waals surface area (Å²) < 4.78 is 16.2. The van der Waals surface area contributed by atoms with Gasteiger partial charge in [0.2, 0.25) is 5.91 Å². The van der Waals surface area contributed by atoms with Gasteiger partial charge in [0.05, 0.1) is 12.4 Å². The molecule has 0 aliphatic heterocycles. The molecule has 2 aromatic carbocycles. The molecule has 0 atom stereocenters. The van der Waals surface area contributed by atoms with Crippen LogP contribution in [0.5, 0.6) is 5.75 Å². The lowest BCUT2D eigenvalue weighted by atomic mass is 10.2. The summed E-state index contributed by atoms with van der Waals surface area (Å²) in [5.41, 5.74) is 0.740. The standard InChI is InChI=1S/C21H17N3O5S/c1-2-27-15-9-7-14(8-10-15)22-18(25)12-30-21-24-23-19(29-21)16-11-13-5-3-4-6-17(13)28-20(16)26/h3-11H,2,12H2,1H3,(H,22,25). The van der Waals surface area contributed by atoms with Crippen LogP contribution in [0.4, 0.5) is 5.69 Å². The number of carbonyl (C=O) groups excluding carboxylic acids is 1. The van der Waals surface area contributed by atoms with Crippen LogP contribution in [-0.4, -0.2) is 28.5 Å². The van der Waals surface area contributed by atoms with Gasteiger partial charge < -0.3 is 18.9 Å². The number of anilines is 1. The van der Waals surface area contributed by atoms with Gasteiger partial charge in [-0.2, -0.15) is 0 Å². The molecule has 2 aromatic heterocycles. The predicted molar refractivity (Wildman–Crippen MR) is 113 cm³/mol. The number of amides is 1. The van der Waals surface area contributed by atoms with Crippen LogP contribution in [0, 0.1) is 0 Å². The fourth-order valence-corrected chi connectivity index (χ4v) is 3.28. The third kappa shape index (κ3) is 4.52. The van der Waals surface area contributed by atoms with Crippen molar-refractivity contribution in [3.05, 3.63) is 65.0 Å². The van der Waals surface area contributed by atoms with Gasteiger partial charge in [-0.3, -0.25) is 4.79 Å². The Balaban J connectivity index is 1.39. The average molecular weight is 423 g/mol. The van der Waals surface area contributed by atoms with Gasteiger partial charge in [0.15, 0.2) is 0 Å². The molecule has 0 aliphatic carbocycles. The van der Waals surface area contributed by atoms with Crippen LogP contribution in [-0.2, 0) is 4.79 Å².